The molecule has 1 aliphatic rings. The number of aliphatic hydroxyl groups excluding tert-OH is 1. The van der Waals surface area contributed by atoms with E-state index in [2.05, 4.69) is 29.4 Å². The Morgan fingerprint density at radius 2 is 1.85 bits per heavy atom. The van der Waals surface area contributed by atoms with Gasteiger partial charge in [-0.05, 0) is 69.6 Å². The van der Waals surface area contributed by atoms with Gasteiger partial charge in [0.15, 0.2) is 16.1 Å². The van der Waals surface area contributed by atoms with Crippen molar-refractivity contribution in [3.8, 4) is 5.75 Å². The summed E-state index contributed by atoms with van der Waals surface area (Å²) in [5.41, 5.74) is 1.80. The first-order chi connectivity index (χ1) is 19.1. The molecule has 0 aromatic heterocycles. The highest BCUT2D eigenvalue weighted by Crippen LogP contribution is 2.40. The summed E-state index contributed by atoms with van der Waals surface area (Å²) in [6, 6.07) is 12.7. The summed E-state index contributed by atoms with van der Waals surface area (Å²) in [5.74, 6) is 0.594. The van der Waals surface area contributed by atoms with Gasteiger partial charge in [0, 0.05) is 17.6 Å². The molecular weight excluding hydrogens is 526 g/mol. The molecular formula is C31H49N3O5S. The van der Waals surface area contributed by atoms with Gasteiger partial charge in [-0.15, -0.1) is 0 Å². The maximum absolute atomic E-state index is 14.0. The molecule has 8 nitrogen and oxygen atoms in total. The molecule has 0 bridgehead atoms. The lowest BCUT2D eigenvalue weighted by Gasteiger charge is -2.36. The predicted octanol–water partition coefficient (Wildman–Crippen LogP) is 4.00. The van der Waals surface area contributed by atoms with E-state index in [4.69, 9.17) is 4.74 Å². The lowest BCUT2D eigenvalue weighted by Crippen LogP contribution is -2.50. The van der Waals surface area contributed by atoms with Crippen molar-refractivity contribution in [2.24, 2.45) is 0 Å². The van der Waals surface area contributed by atoms with Crippen molar-refractivity contribution in [2.45, 2.75) is 94.1 Å². The van der Waals surface area contributed by atoms with Gasteiger partial charge in [0.2, 0.25) is 0 Å². The fraction of sp³-hybridized carbons (Fsp3) is 0.613. The topological polar surface area (TPSA) is 111 Å². The summed E-state index contributed by atoms with van der Waals surface area (Å²) >= 11 is 0. The minimum atomic E-state index is -3.65. The molecule has 4 N–H and O–H groups in total. The van der Waals surface area contributed by atoms with Gasteiger partial charge in [0.05, 0.1) is 29.8 Å². The highest BCUT2D eigenvalue weighted by Gasteiger charge is 2.42. The molecule has 3 unspecified atom stereocenters. The summed E-state index contributed by atoms with van der Waals surface area (Å²) in [6.45, 7) is 5.37. The first-order valence-electron chi connectivity index (χ1n) is 14.6. The molecule has 0 saturated carbocycles. The van der Waals surface area contributed by atoms with Crippen molar-refractivity contribution in [3.05, 3.63) is 59.2 Å². The van der Waals surface area contributed by atoms with Crippen molar-refractivity contribution in [3.63, 3.8) is 0 Å². The average molecular weight is 576 g/mol. The number of rotatable bonds is 15. The number of hydrogen-bond donors (Lipinski definition) is 4. The number of benzene rings is 2. The van der Waals surface area contributed by atoms with Crippen LogP contribution in [0.5, 0.6) is 5.75 Å². The molecule has 1 heterocycles. The van der Waals surface area contributed by atoms with E-state index in [-0.39, 0.29) is 18.3 Å². The minimum Gasteiger partial charge on any atom is -0.496 e. The molecule has 40 heavy (non-hydrogen) atoms. The number of nitrogens with one attached hydrogen (secondary N) is 2. The zero-order valence-electron chi connectivity index (χ0n) is 24.8. The van der Waals surface area contributed by atoms with E-state index in [1.165, 1.54) is 0 Å². The normalized spacial score (nSPS) is 21.3. The van der Waals surface area contributed by atoms with Crippen LogP contribution in [0.3, 0.4) is 0 Å². The summed E-state index contributed by atoms with van der Waals surface area (Å²) in [5, 5.41) is 27.0. The third-order valence-corrected chi connectivity index (χ3v) is 10.0. The van der Waals surface area contributed by atoms with Gasteiger partial charge in [-0.25, -0.2) is 8.42 Å². The zero-order chi connectivity index (χ0) is 29.3. The van der Waals surface area contributed by atoms with Crippen molar-refractivity contribution < 1.29 is 23.4 Å². The molecule has 224 valence electrons. The van der Waals surface area contributed by atoms with E-state index >= 15 is 0 Å². The molecule has 0 saturated heterocycles. The number of ether oxygens (including phenoxy) is 1. The van der Waals surface area contributed by atoms with Gasteiger partial charge in [-0.1, -0.05) is 63.4 Å². The summed E-state index contributed by atoms with van der Waals surface area (Å²) in [4.78, 5) is 2.41. The van der Waals surface area contributed by atoms with Crippen molar-refractivity contribution in [2.75, 3.05) is 33.5 Å². The maximum atomic E-state index is 14.0. The second kappa shape index (κ2) is 14.8. The Bertz CT molecular complexity index is 1170. The Balaban J connectivity index is 2.01. The number of hydrogen-bond acceptors (Lipinski definition) is 8. The van der Waals surface area contributed by atoms with E-state index in [0.717, 1.165) is 44.2 Å². The number of fused-ring (bicyclic) bond motifs is 1. The van der Waals surface area contributed by atoms with Crippen LogP contribution in [0.25, 0.3) is 0 Å². The van der Waals surface area contributed by atoms with Crippen LogP contribution in [-0.2, 0) is 16.4 Å². The Morgan fingerprint density at radius 3 is 2.45 bits per heavy atom. The minimum absolute atomic E-state index is 0.0237. The highest BCUT2D eigenvalue weighted by molar-refractivity contribution is 7.91. The molecule has 0 radical (unpaired) electrons. The van der Waals surface area contributed by atoms with Crippen molar-refractivity contribution >= 4 is 9.84 Å². The largest absolute Gasteiger partial charge is 0.496 e. The van der Waals surface area contributed by atoms with Gasteiger partial charge in [0.1, 0.15) is 5.75 Å². The van der Waals surface area contributed by atoms with Crippen molar-refractivity contribution in [1.82, 2.24) is 15.5 Å². The zero-order valence-corrected chi connectivity index (χ0v) is 25.6. The van der Waals surface area contributed by atoms with Gasteiger partial charge < -0.3 is 25.2 Å². The number of unbranched alkanes of at least 4 members (excludes halogenated alkanes) is 2. The number of methoxy groups -OCH3 is 1. The summed E-state index contributed by atoms with van der Waals surface area (Å²) in [6.07, 6.45) is 4.24. The SMILES string of the molecule is CCCCC1(CC)CS(=O)(=O)c2cc(CNC(CCCCN(C)C)C(O)O)c(OC)cc2C(c2ccccc2)N1. The van der Waals surface area contributed by atoms with E-state index < -0.39 is 27.7 Å². The van der Waals surface area contributed by atoms with E-state index in [0.29, 0.717) is 34.6 Å². The molecule has 9 heteroatoms. The second-order valence-corrected chi connectivity index (χ2v) is 13.3. The molecule has 3 atom stereocenters. The van der Waals surface area contributed by atoms with Gasteiger partial charge in [-0.3, -0.25) is 5.32 Å². The van der Waals surface area contributed by atoms with Crippen LogP contribution in [-0.4, -0.2) is 74.9 Å². The van der Waals surface area contributed by atoms with Crippen LogP contribution < -0.4 is 15.4 Å². The molecule has 2 aromatic carbocycles. The quantitative estimate of drug-likeness (QED) is 0.186. The molecule has 0 amide bonds. The predicted molar refractivity (Wildman–Crippen MR) is 160 cm³/mol. The number of nitrogens with zero attached hydrogens (tertiary/aromatic N) is 1. The Labute approximate surface area is 241 Å². The second-order valence-electron chi connectivity index (χ2n) is 11.4. The first kappa shape index (κ1) is 32.5. The summed E-state index contributed by atoms with van der Waals surface area (Å²) < 4.78 is 33.9. The average Bonchev–Trinajstić information content (AvgIpc) is 3.03. The molecule has 1 aliphatic heterocycles. The summed E-state index contributed by atoms with van der Waals surface area (Å²) in [7, 11) is 1.97. The third-order valence-electron chi connectivity index (χ3n) is 8.08. The number of aliphatic hydroxyl groups is 2. The van der Waals surface area contributed by atoms with Crippen LogP contribution in [0, 0.1) is 0 Å². The standard InChI is InChI=1S/C31H49N3O5S/c1-6-8-17-31(7-2)22-40(37,38)28-19-24(21-32-26(30(35)36)16-12-13-18-34(3)4)27(39-5)20-25(28)29(33-31)23-14-10-9-11-15-23/h9-11,14-15,19-20,26,29-30,32-33,35-36H,6-8,12-13,16-18,21-22H2,1-5H3. The highest BCUT2D eigenvalue weighted by atomic mass is 32.2. The van der Waals surface area contributed by atoms with Crippen molar-refractivity contribution in [1.29, 1.82) is 0 Å². The molecule has 3 rings (SSSR count). The lowest BCUT2D eigenvalue weighted by molar-refractivity contribution is -0.0696. The van der Waals surface area contributed by atoms with Crippen LogP contribution in [0.4, 0.5) is 0 Å². The Hall–Kier alpha value is -2.01. The maximum Gasteiger partial charge on any atom is 0.180 e. The molecule has 0 spiro atoms. The third kappa shape index (κ3) is 8.27. The van der Waals surface area contributed by atoms with Gasteiger partial charge >= 0.3 is 0 Å². The van der Waals surface area contributed by atoms with E-state index in [9.17, 15) is 18.6 Å². The van der Waals surface area contributed by atoms with Crippen LogP contribution in [0.1, 0.15) is 81.5 Å². The van der Waals surface area contributed by atoms with E-state index in [1.54, 1.807) is 13.2 Å². The Morgan fingerprint density at radius 1 is 1.12 bits per heavy atom. The smallest absolute Gasteiger partial charge is 0.180 e. The molecule has 0 fully saturated rings. The van der Waals surface area contributed by atoms with Crippen LogP contribution in [0.2, 0.25) is 0 Å². The number of sulfone groups is 1. The Kier molecular flexibility index (Phi) is 12.0. The van der Waals surface area contributed by atoms with Crippen LogP contribution in [0.15, 0.2) is 47.4 Å². The monoisotopic (exact) mass is 575 g/mol. The molecule has 2 aromatic rings. The fourth-order valence-corrected chi connectivity index (χ4v) is 7.82. The lowest BCUT2D eigenvalue weighted by atomic mass is 9.88. The van der Waals surface area contributed by atoms with Gasteiger partial charge in [-0.2, -0.15) is 0 Å². The first-order valence-corrected chi connectivity index (χ1v) is 16.2. The molecule has 0 aliphatic carbocycles. The van der Waals surface area contributed by atoms with Crippen LogP contribution >= 0.6 is 0 Å². The van der Waals surface area contributed by atoms with Gasteiger partial charge in [0.25, 0.3) is 0 Å². The van der Waals surface area contributed by atoms with E-state index in [1.807, 2.05) is 50.5 Å². The fourth-order valence-electron chi connectivity index (χ4n) is 5.65.